The van der Waals surface area contributed by atoms with Crippen molar-refractivity contribution in [2.75, 3.05) is 20.1 Å². The first-order chi connectivity index (χ1) is 13.9. The summed E-state index contributed by atoms with van der Waals surface area (Å²) in [7, 11) is 1.54. The zero-order valence-electron chi connectivity index (χ0n) is 19.3. The lowest BCUT2D eigenvalue weighted by Gasteiger charge is -2.37. The summed E-state index contributed by atoms with van der Waals surface area (Å²) in [6.07, 6.45) is 1.86. The molecule has 3 atom stereocenters. The molecular formula is C22H36N4O4. The summed E-state index contributed by atoms with van der Waals surface area (Å²) in [5.41, 5.74) is 1.71. The number of ether oxygens (including phenoxy) is 1. The van der Waals surface area contributed by atoms with Crippen molar-refractivity contribution in [1.29, 1.82) is 0 Å². The molecule has 168 valence electrons. The monoisotopic (exact) mass is 420 g/mol. The third kappa shape index (κ3) is 6.06. The van der Waals surface area contributed by atoms with E-state index in [2.05, 4.69) is 22.5 Å². The van der Waals surface area contributed by atoms with Crippen molar-refractivity contribution in [1.82, 2.24) is 15.5 Å². The van der Waals surface area contributed by atoms with Crippen molar-refractivity contribution in [3.05, 3.63) is 11.3 Å². The Morgan fingerprint density at radius 2 is 1.90 bits per heavy atom. The van der Waals surface area contributed by atoms with Crippen LogP contribution in [0.4, 0.5) is 4.79 Å². The summed E-state index contributed by atoms with van der Waals surface area (Å²) < 4.78 is 5.55. The van der Waals surface area contributed by atoms with Crippen molar-refractivity contribution >= 4 is 23.6 Å². The Bertz CT molecular complexity index is 751. The van der Waals surface area contributed by atoms with Crippen LogP contribution in [0, 0.1) is 11.8 Å². The summed E-state index contributed by atoms with van der Waals surface area (Å²) in [6.45, 7) is 12.4. The third-order valence-corrected chi connectivity index (χ3v) is 5.62. The lowest BCUT2D eigenvalue weighted by atomic mass is 9.76. The molecule has 8 heteroatoms. The highest BCUT2D eigenvalue weighted by Crippen LogP contribution is 2.37. The fourth-order valence-electron chi connectivity index (χ4n) is 3.95. The molecule has 0 bridgehead atoms. The second-order valence-corrected chi connectivity index (χ2v) is 9.32. The zero-order valence-corrected chi connectivity index (χ0v) is 19.3. The maximum Gasteiger partial charge on any atom is 0.410 e. The third-order valence-electron chi connectivity index (χ3n) is 5.62. The maximum atomic E-state index is 13.0. The first-order valence-corrected chi connectivity index (χ1v) is 10.7. The van der Waals surface area contributed by atoms with Gasteiger partial charge in [0.1, 0.15) is 17.3 Å². The highest BCUT2D eigenvalue weighted by molar-refractivity contribution is 6.01. The van der Waals surface area contributed by atoms with Crippen LogP contribution in [-0.2, 0) is 14.3 Å². The molecule has 0 aromatic heterocycles. The number of hydrogen-bond donors (Lipinski definition) is 2. The highest BCUT2D eigenvalue weighted by atomic mass is 16.6. The molecular weight excluding hydrogens is 384 g/mol. The Morgan fingerprint density at radius 1 is 1.23 bits per heavy atom. The van der Waals surface area contributed by atoms with Gasteiger partial charge >= 0.3 is 6.09 Å². The van der Waals surface area contributed by atoms with Crippen LogP contribution < -0.4 is 10.6 Å². The molecule has 0 aliphatic carbocycles. The molecule has 1 fully saturated rings. The van der Waals surface area contributed by atoms with Crippen molar-refractivity contribution < 1.29 is 19.1 Å². The quantitative estimate of drug-likeness (QED) is 0.733. The number of hydrogen-bond acceptors (Lipinski definition) is 5. The van der Waals surface area contributed by atoms with Crippen molar-refractivity contribution in [2.24, 2.45) is 16.8 Å². The minimum absolute atomic E-state index is 0.208. The number of likely N-dealkylation sites (tertiary alicyclic amines) is 1. The molecule has 1 saturated heterocycles. The molecule has 2 aliphatic rings. The summed E-state index contributed by atoms with van der Waals surface area (Å²) in [6, 6.07) is -0.657. The average Bonchev–Trinajstić information content (AvgIpc) is 2.64. The van der Waals surface area contributed by atoms with Gasteiger partial charge in [-0.1, -0.05) is 6.92 Å². The fraction of sp³-hybridized carbons (Fsp3) is 0.727. The van der Waals surface area contributed by atoms with E-state index in [0.717, 1.165) is 24.1 Å². The van der Waals surface area contributed by atoms with Gasteiger partial charge in [-0.3, -0.25) is 14.6 Å². The second kappa shape index (κ2) is 9.62. The Morgan fingerprint density at radius 3 is 2.50 bits per heavy atom. The summed E-state index contributed by atoms with van der Waals surface area (Å²) in [5, 5.41) is 5.29. The van der Waals surface area contributed by atoms with Crippen LogP contribution in [0.15, 0.2) is 16.3 Å². The van der Waals surface area contributed by atoms with Gasteiger partial charge in [0.2, 0.25) is 5.91 Å². The van der Waals surface area contributed by atoms with Crippen molar-refractivity contribution in [2.45, 2.75) is 72.4 Å². The van der Waals surface area contributed by atoms with Gasteiger partial charge in [0, 0.05) is 25.8 Å². The Hall–Kier alpha value is -2.38. The summed E-state index contributed by atoms with van der Waals surface area (Å²) in [4.78, 5) is 43.7. The Labute approximate surface area is 179 Å². The van der Waals surface area contributed by atoms with Crippen LogP contribution in [0.2, 0.25) is 0 Å². The Balaban J connectivity index is 2.29. The largest absolute Gasteiger partial charge is 0.444 e. The molecule has 30 heavy (non-hydrogen) atoms. The van der Waals surface area contributed by atoms with Crippen LogP contribution in [0.1, 0.15) is 60.8 Å². The van der Waals surface area contributed by atoms with Crippen LogP contribution in [0.25, 0.3) is 0 Å². The van der Waals surface area contributed by atoms with Gasteiger partial charge in [0.25, 0.3) is 5.91 Å². The Kier molecular flexibility index (Phi) is 7.66. The van der Waals surface area contributed by atoms with Gasteiger partial charge in [-0.2, -0.15) is 0 Å². The molecule has 0 spiro atoms. The number of rotatable bonds is 3. The van der Waals surface area contributed by atoms with Gasteiger partial charge in [-0.15, -0.1) is 0 Å². The van der Waals surface area contributed by atoms with Crippen LogP contribution >= 0.6 is 0 Å². The van der Waals surface area contributed by atoms with E-state index in [0.29, 0.717) is 25.2 Å². The van der Waals surface area contributed by atoms with Crippen LogP contribution in [0.5, 0.6) is 0 Å². The van der Waals surface area contributed by atoms with E-state index >= 15 is 0 Å². The molecule has 2 rings (SSSR count). The number of likely N-dealkylation sites (N-methyl/N-ethyl adjacent to an activating group) is 1. The zero-order chi connectivity index (χ0) is 22.6. The predicted octanol–water partition coefficient (Wildman–Crippen LogP) is 2.64. The van der Waals surface area contributed by atoms with Gasteiger partial charge in [-0.25, -0.2) is 4.79 Å². The van der Waals surface area contributed by atoms with E-state index in [4.69, 9.17) is 4.74 Å². The molecule has 0 aromatic rings. The second-order valence-electron chi connectivity index (χ2n) is 9.32. The van der Waals surface area contributed by atoms with Gasteiger partial charge in [0.15, 0.2) is 0 Å². The van der Waals surface area contributed by atoms with E-state index in [1.807, 2.05) is 27.7 Å². The standard InChI is InChI=1S/C22H36N4O4/c1-13-8-10-26(21(29)30-22(4,5)6)11-9-16-17(13)12-14(2)24-18(16)20(28)25-15(3)19(27)23-7/h13,15,17H,8-12H2,1-7H3,(H,23,27)(H,25,28). The predicted molar refractivity (Wildman–Crippen MR) is 116 cm³/mol. The van der Waals surface area contributed by atoms with E-state index < -0.39 is 11.6 Å². The van der Waals surface area contributed by atoms with Gasteiger partial charge < -0.3 is 20.3 Å². The average molecular weight is 421 g/mol. The first-order valence-electron chi connectivity index (χ1n) is 10.7. The van der Waals surface area contributed by atoms with E-state index in [-0.39, 0.29) is 29.7 Å². The topological polar surface area (TPSA) is 100 Å². The smallest absolute Gasteiger partial charge is 0.410 e. The molecule has 2 heterocycles. The molecule has 8 nitrogen and oxygen atoms in total. The number of amides is 3. The molecule has 2 aliphatic heterocycles. The SMILES string of the molecule is CNC(=O)C(C)NC(=O)C1=C2CCN(C(=O)OC(C)(C)C)CCC(C)C2CC(C)=N1. The van der Waals surface area contributed by atoms with Crippen LogP contribution in [0.3, 0.4) is 0 Å². The van der Waals surface area contributed by atoms with Crippen molar-refractivity contribution in [3.8, 4) is 0 Å². The van der Waals surface area contributed by atoms with E-state index in [1.165, 1.54) is 7.05 Å². The van der Waals surface area contributed by atoms with Gasteiger partial charge in [0.05, 0.1) is 0 Å². The number of aliphatic imine (C=N–C) groups is 1. The summed E-state index contributed by atoms with van der Waals surface area (Å²) >= 11 is 0. The minimum Gasteiger partial charge on any atom is -0.444 e. The van der Waals surface area contributed by atoms with E-state index in [9.17, 15) is 14.4 Å². The summed E-state index contributed by atoms with van der Waals surface area (Å²) in [5.74, 6) is -0.111. The van der Waals surface area contributed by atoms with Gasteiger partial charge in [-0.05, 0) is 71.3 Å². The number of carbonyl (C=O) groups excluding carboxylic acids is 3. The number of carbonyl (C=O) groups is 3. The van der Waals surface area contributed by atoms with Crippen LogP contribution in [-0.4, -0.2) is 60.3 Å². The molecule has 0 aromatic carbocycles. The lowest BCUT2D eigenvalue weighted by Crippen LogP contribution is -2.45. The first kappa shape index (κ1) is 23.9. The van der Waals surface area contributed by atoms with E-state index in [1.54, 1.807) is 11.8 Å². The maximum absolute atomic E-state index is 13.0. The lowest BCUT2D eigenvalue weighted by molar-refractivity contribution is -0.126. The molecule has 3 unspecified atom stereocenters. The minimum atomic E-state index is -0.657. The number of nitrogens with zero attached hydrogens (tertiary/aromatic N) is 2. The fourth-order valence-corrected chi connectivity index (χ4v) is 3.95. The number of fused-ring (bicyclic) bond motifs is 1. The molecule has 2 N–H and O–H groups in total. The molecule has 0 radical (unpaired) electrons. The molecule has 0 saturated carbocycles. The molecule has 3 amide bonds. The highest BCUT2D eigenvalue weighted by Gasteiger charge is 2.34. The van der Waals surface area contributed by atoms with Crippen molar-refractivity contribution in [3.63, 3.8) is 0 Å². The number of nitrogens with one attached hydrogen (secondary N) is 2. The normalized spacial score (nSPS) is 23.4.